The molecule has 3 aromatic heterocycles. The van der Waals surface area contributed by atoms with Crippen LogP contribution >= 0.6 is 45.6 Å². The van der Waals surface area contributed by atoms with E-state index in [4.69, 9.17) is 11.6 Å². The van der Waals surface area contributed by atoms with E-state index < -0.39 is 0 Å². The maximum absolute atomic E-state index is 12.9. The van der Waals surface area contributed by atoms with Gasteiger partial charge in [-0.15, -0.1) is 34.0 Å². The molecule has 0 aliphatic heterocycles. The highest BCUT2D eigenvalue weighted by atomic mass is 35.5. The van der Waals surface area contributed by atoms with Crippen molar-refractivity contribution in [3.05, 3.63) is 80.1 Å². The van der Waals surface area contributed by atoms with Crippen molar-refractivity contribution in [3.8, 4) is 20.9 Å². The van der Waals surface area contributed by atoms with Crippen LogP contribution in [0, 0.1) is 0 Å². The number of thiophene rings is 3. The van der Waals surface area contributed by atoms with E-state index in [1.165, 1.54) is 16.2 Å². The highest BCUT2D eigenvalue weighted by Crippen LogP contribution is 2.40. The van der Waals surface area contributed by atoms with Gasteiger partial charge < -0.3 is 0 Å². The van der Waals surface area contributed by atoms with Gasteiger partial charge in [-0.2, -0.15) is 0 Å². The van der Waals surface area contributed by atoms with Gasteiger partial charge in [0.25, 0.3) is 0 Å². The Morgan fingerprint density at radius 3 is 2.29 bits per heavy atom. The van der Waals surface area contributed by atoms with E-state index in [0.717, 1.165) is 25.8 Å². The van der Waals surface area contributed by atoms with Gasteiger partial charge in [-0.3, -0.25) is 4.79 Å². The second-order valence-corrected chi connectivity index (χ2v) is 8.53. The monoisotopic (exact) mass is 386 g/mol. The molecule has 0 aliphatic carbocycles. The molecule has 0 radical (unpaired) electrons. The summed E-state index contributed by atoms with van der Waals surface area (Å²) in [7, 11) is 0. The van der Waals surface area contributed by atoms with Gasteiger partial charge in [0.05, 0.1) is 9.75 Å². The summed E-state index contributed by atoms with van der Waals surface area (Å²) in [6.07, 6.45) is 0. The molecule has 0 atom stereocenters. The first-order valence-corrected chi connectivity index (χ1v) is 10.2. The largest absolute Gasteiger partial charge is 0.287 e. The Labute approximate surface area is 156 Å². The lowest BCUT2D eigenvalue weighted by atomic mass is 10.0. The van der Waals surface area contributed by atoms with Gasteiger partial charge in [0.1, 0.15) is 0 Å². The zero-order chi connectivity index (χ0) is 16.5. The minimum absolute atomic E-state index is 0.0859. The Bertz CT molecular complexity index is 964. The van der Waals surface area contributed by atoms with Crippen LogP contribution in [0.1, 0.15) is 14.5 Å². The molecule has 3 heterocycles. The first-order valence-electron chi connectivity index (χ1n) is 7.24. The highest BCUT2D eigenvalue weighted by molar-refractivity contribution is 7.23. The molecule has 0 saturated carbocycles. The van der Waals surface area contributed by atoms with Gasteiger partial charge >= 0.3 is 0 Å². The average molecular weight is 387 g/mol. The number of hydrogen-bond acceptors (Lipinski definition) is 4. The fourth-order valence-electron chi connectivity index (χ4n) is 2.46. The fourth-order valence-corrected chi connectivity index (χ4v) is 5.28. The Morgan fingerprint density at radius 1 is 0.875 bits per heavy atom. The molecule has 4 rings (SSSR count). The fraction of sp³-hybridized carbons (Fsp3) is 0. The van der Waals surface area contributed by atoms with Crippen molar-refractivity contribution in [1.29, 1.82) is 0 Å². The Balaban J connectivity index is 1.87. The molecule has 24 heavy (non-hydrogen) atoms. The first-order chi connectivity index (χ1) is 11.7. The molecule has 118 valence electrons. The first kappa shape index (κ1) is 15.8. The minimum Gasteiger partial charge on any atom is -0.287 e. The lowest BCUT2D eigenvalue weighted by molar-refractivity contribution is 0.104. The molecular weight excluding hydrogens is 376 g/mol. The third-order valence-corrected chi connectivity index (χ3v) is 6.92. The molecule has 0 unspecified atom stereocenters. The summed E-state index contributed by atoms with van der Waals surface area (Å²) < 4.78 is 0. The van der Waals surface area contributed by atoms with E-state index in [2.05, 4.69) is 17.5 Å². The number of carbonyl (C=O) groups excluding carboxylic acids is 1. The van der Waals surface area contributed by atoms with Crippen LogP contribution in [0.4, 0.5) is 0 Å². The van der Waals surface area contributed by atoms with Crippen LogP contribution in [0.15, 0.2) is 65.4 Å². The summed E-state index contributed by atoms with van der Waals surface area (Å²) in [6, 6.07) is 17.7. The van der Waals surface area contributed by atoms with Gasteiger partial charge in [0.2, 0.25) is 5.78 Å². The molecule has 0 spiro atoms. The zero-order valence-corrected chi connectivity index (χ0v) is 15.6. The average Bonchev–Trinajstić information content (AvgIpc) is 3.34. The molecule has 4 aromatic rings. The number of benzene rings is 1. The van der Waals surface area contributed by atoms with E-state index in [1.807, 2.05) is 47.8 Å². The van der Waals surface area contributed by atoms with Crippen molar-refractivity contribution in [1.82, 2.24) is 0 Å². The van der Waals surface area contributed by atoms with Crippen molar-refractivity contribution < 1.29 is 4.79 Å². The van der Waals surface area contributed by atoms with Crippen molar-refractivity contribution >= 4 is 51.4 Å². The quantitative estimate of drug-likeness (QED) is 0.342. The zero-order valence-electron chi connectivity index (χ0n) is 12.4. The molecule has 1 aromatic carbocycles. The van der Waals surface area contributed by atoms with Crippen LogP contribution in [0.25, 0.3) is 20.9 Å². The lowest BCUT2D eigenvalue weighted by Crippen LogP contribution is -1.97. The number of carbonyl (C=O) groups is 1. The van der Waals surface area contributed by atoms with E-state index >= 15 is 0 Å². The van der Waals surface area contributed by atoms with Gasteiger partial charge in [-0.1, -0.05) is 35.9 Å². The summed E-state index contributed by atoms with van der Waals surface area (Å²) in [5.74, 6) is 0.0859. The van der Waals surface area contributed by atoms with Gasteiger partial charge in [0, 0.05) is 20.3 Å². The lowest BCUT2D eigenvalue weighted by Gasteiger charge is -2.02. The van der Waals surface area contributed by atoms with Crippen LogP contribution in [0.2, 0.25) is 5.02 Å². The third-order valence-electron chi connectivity index (χ3n) is 3.60. The van der Waals surface area contributed by atoms with E-state index in [0.29, 0.717) is 5.02 Å². The van der Waals surface area contributed by atoms with Crippen LogP contribution in [-0.4, -0.2) is 5.78 Å². The summed E-state index contributed by atoms with van der Waals surface area (Å²) in [6.45, 7) is 0. The predicted molar refractivity (Wildman–Crippen MR) is 106 cm³/mol. The molecule has 0 N–H and O–H groups in total. The Hall–Kier alpha value is -1.72. The standard InChI is InChI=1S/C19H11ClOS3/c20-13-7-5-12(6-8-13)14-11-17(15-3-1-9-22-15)24-19(14)18(21)16-4-2-10-23-16/h1-11H. The summed E-state index contributed by atoms with van der Waals surface area (Å²) in [4.78, 5) is 16.8. The number of hydrogen-bond donors (Lipinski definition) is 0. The maximum atomic E-state index is 12.9. The van der Waals surface area contributed by atoms with Gasteiger partial charge in [-0.25, -0.2) is 0 Å². The summed E-state index contributed by atoms with van der Waals surface area (Å²) >= 11 is 10.7. The van der Waals surface area contributed by atoms with Crippen LogP contribution in [0.5, 0.6) is 0 Å². The molecule has 0 bridgehead atoms. The Kier molecular flexibility index (Phi) is 4.37. The molecule has 0 fully saturated rings. The second-order valence-electron chi connectivity index (χ2n) is 5.14. The number of ketones is 1. The van der Waals surface area contributed by atoms with Crippen molar-refractivity contribution in [2.75, 3.05) is 0 Å². The van der Waals surface area contributed by atoms with Crippen molar-refractivity contribution in [2.45, 2.75) is 0 Å². The minimum atomic E-state index is 0.0859. The van der Waals surface area contributed by atoms with Crippen molar-refractivity contribution in [3.63, 3.8) is 0 Å². The smallest absolute Gasteiger partial charge is 0.213 e. The van der Waals surface area contributed by atoms with E-state index in [1.54, 1.807) is 22.7 Å². The van der Waals surface area contributed by atoms with Crippen molar-refractivity contribution in [2.24, 2.45) is 0 Å². The topological polar surface area (TPSA) is 17.1 Å². The van der Waals surface area contributed by atoms with Crippen LogP contribution in [0.3, 0.4) is 0 Å². The van der Waals surface area contributed by atoms with E-state index in [-0.39, 0.29) is 5.78 Å². The molecule has 0 saturated heterocycles. The second kappa shape index (κ2) is 6.65. The molecule has 0 amide bonds. The molecule has 5 heteroatoms. The molecule has 1 nitrogen and oxygen atoms in total. The SMILES string of the molecule is O=C(c1cccs1)c1sc(-c2cccs2)cc1-c1ccc(Cl)cc1. The number of halogens is 1. The number of rotatable bonds is 4. The normalized spacial score (nSPS) is 10.9. The molecule has 0 aliphatic rings. The van der Waals surface area contributed by atoms with Crippen LogP contribution in [-0.2, 0) is 0 Å². The molecular formula is C19H11ClOS3. The third kappa shape index (κ3) is 2.98. The summed E-state index contributed by atoms with van der Waals surface area (Å²) in [5, 5.41) is 4.68. The van der Waals surface area contributed by atoms with Gasteiger partial charge in [0.15, 0.2) is 0 Å². The predicted octanol–water partition coefficient (Wildman–Crippen LogP) is 7.09. The van der Waals surface area contributed by atoms with Crippen LogP contribution < -0.4 is 0 Å². The van der Waals surface area contributed by atoms with Gasteiger partial charge in [-0.05, 0) is 46.7 Å². The Morgan fingerprint density at radius 2 is 1.62 bits per heavy atom. The highest BCUT2D eigenvalue weighted by Gasteiger charge is 2.20. The van der Waals surface area contributed by atoms with E-state index in [9.17, 15) is 4.79 Å². The maximum Gasteiger partial charge on any atom is 0.213 e. The summed E-state index contributed by atoms with van der Waals surface area (Å²) in [5.41, 5.74) is 1.98.